The first-order chi connectivity index (χ1) is 13.9. The number of furan rings is 1. The Balaban J connectivity index is 1.35. The molecule has 2 fully saturated rings. The highest BCUT2D eigenvalue weighted by molar-refractivity contribution is 5.80. The summed E-state index contributed by atoms with van der Waals surface area (Å²) in [7, 11) is 0. The van der Waals surface area contributed by atoms with Crippen LogP contribution >= 0.6 is 0 Å². The lowest BCUT2D eigenvalue weighted by Crippen LogP contribution is -2.41. The van der Waals surface area contributed by atoms with Crippen LogP contribution in [0.4, 0.5) is 0 Å². The molecule has 0 bridgehead atoms. The molecule has 1 aromatic carbocycles. The quantitative estimate of drug-likeness (QED) is 0.591. The monoisotopic (exact) mass is 380 g/mol. The van der Waals surface area contributed by atoms with Gasteiger partial charge in [0.2, 0.25) is 0 Å². The molecule has 5 nitrogen and oxygen atoms in total. The standard InChI is InChI=1S/C23H32N4O/c1-2-7-20(8-3-1)17-25-23(24-12-10-22-9-6-16-28-22)27-15-11-21(19-27)18-26-13-4-5-14-26/h1-3,6-9,16,21H,4-5,10-15,17-19H2,(H,24,25). The minimum atomic E-state index is 0.719. The fourth-order valence-corrected chi connectivity index (χ4v) is 4.27. The Labute approximate surface area is 168 Å². The fourth-order valence-electron chi connectivity index (χ4n) is 4.27. The average Bonchev–Trinajstić information content (AvgIpc) is 3.49. The summed E-state index contributed by atoms with van der Waals surface area (Å²) in [5, 5.41) is 3.59. The van der Waals surface area contributed by atoms with Crippen LogP contribution in [0.1, 0.15) is 30.6 Å². The van der Waals surface area contributed by atoms with Crippen molar-refractivity contribution in [3.8, 4) is 0 Å². The van der Waals surface area contributed by atoms with Crippen LogP contribution in [0.3, 0.4) is 0 Å². The zero-order valence-corrected chi connectivity index (χ0v) is 16.7. The number of benzene rings is 1. The Morgan fingerprint density at radius 1 is 1.07 bits per heavy atom. The Hall–Kier alpha value is -2.27. The van der Waals surface area contributed by atoms with Gasteiger partial charge in [0.05, 0.1) is 12.8 Å². The number of guanidine groups is 1. The molecule has 5 heteroatoms. The van der Waals surface area contributed by atoms with Gasteiger partial charge < -0.3 is 19.5 Å². The van der Waals surface area contributed by atoms with Crippen molar-refractivity contribution in [2.75, 3.05) is 39.3 Å². The molecule has 1 N–H and O–H groups in total. The minimum Gasteiger partial charge on any atom is -0.469 e. The predicted molar refractivity (Wildman–Crippen MR) is 113 cm³/mol. The van der Waals surface area contributed by atoms with Gasteiger partial charge in [-0.1, -0.05) is 30.3 Å². The van der Waals surface area contributed by atoms with Gasteiger partial charge >= 0.3 is 0 Å². The maximum absolute atomic E-state index is 5.46. The Morgan fingerprint density at radius 2 is 1.93 bits per heavy atom. The van der Waals surface area contributed by atoms with E-state index in [9.17, 15) is 0 Å². The molecule has 28 heavy (non-hydrogen) atoms. The van der Waals surface area contributed by atoms with Crippen LogP contribution in [0.2, 0.25) is 0 Å². The molecule has 0 radical (unpaired) electrons. The second-order valence-corrected chi connectivity index (χ2v) is 7.99. The molecule has 2 aliphatic rings. The zero-order chi connectivity index (χ0) is 19.0. The van der Waals surface area contributed by atoms with Crippen molar-refractivity contribution in [2.45, 2.75) is 32.2 Å². The van der Waals surface area contributed by atoms with Crippen LogP contribution in [-0.2, 0) is 13.0 Å². The molecule has 1 aromatic heterocycles. The molecule has 1 atom stereocenters. The summed E-state index contributed by atoms with van der Waals surface area (Å²) in [6, 6.07) is 14.5. The molecule has 2 aromatic rings. The second-order valence-electron chi connectivity index (χ2n) is 7.99. The SMILES string of the molecule is c1ccc(CN=C(NCCc2ccco2)N2CCC(CN3CCCC3)C2)cc1. The van der Waals surface area contributed by atoms with E-state index < -0.39 is 0 Å². The third-order valence-corrected chi connectivity index (χ3v) is 5.79. The first kappa shape index (κ1) is 19.1. The van der Waals surface area contributed by atoms with E-state index in [0.29, 0.717) is 0 Å². The molecule has 1 unspecified atom stereocenters. The van der Waals surface area contributed by atoms with Gasteiger partial charge in [0.25, 0.3) is 0 Å². The van der Waals surface area contributed by atoms with Gasteiger partial charge in [-0.15, -0.1) is 0 Å². The van der Waals surface area contributed by atoms with Crippen molar-refractivity contribution >= 4 is 5.96 Å². The molecule has 0 saturated carbocycles. The smallest absolute Gasteiger partial charge is 0.194 e. The number of hydrogen-bond acceptors (Lipinski definition) is 3. The highest BCUT2D eigenvalue weighted by atomic mass is 16.3. The van der Waals surface area contributed by atoms with E-state index in [-0.39, 0.29) is 0 Å². The first-order valence-electron chi connectivity index (χ1n) is 10.7. The average molecular weight is 381 g/mol. The van der Waals surface area contributed by atoms with E-state index in [1.54, 1.807) is 6.26 Å². The molecular formula is C23H32N4O. The van der Waals surface area contributed by atoms with Crippen molar-refractivity contribution in [1.29, 1.82) is 0 Å². The third-order valence-electron chi connectivity index (χ3n) is 5.79. The van der Waals surface area contributed by atoms with E-state index in [0.717, 1.165) is 50.2 Å². The van der Waals surface area contributed by atoms with E-state index >= 15 is 0 Å². The zero-order valence-electron chi connectivity index (χ0n) is 16.7. The molecule has 150 valence electrons. The normalized spacial score (nSPS) is 20.8. The summed E-state index contributed by atoms with van der Waals surface area (Å²) in [5.74, 6) is 2.81. The molecular weight excluding hydrogens is 348 g/mol. The van der Waals surface area contributed by atoms with Gasteiger partial charge in [-0.05, 0) is 56.0 Å². The number of hydrogen-bond donors (Lipinski definition) is 1. The molecule has 2 saturated heterocycles. The predicted octanol–water partition coefficient (Wildman–Crippen LogP) is 3.39. The van der Waals surface area contributed by atoms with Crippen molar-refractivity contribution in [3.63, 3.8) is 0 Å². The van der Waals surface area contributed by atoms with Crippen LogP contribution in [0.25, 0.3) is 0 Å². The summed E-state index contributed by atoms with van der Waals surface area (Å²) >= 11 is 0. The minimum absolute atomic E-state index is 0.719. The highest BCUT2D eigenvalue weighted by Crippen LogP contribution is 2.20. The first-order valence-corrected chi connectivity index (χ1v) is 10.7. The summed E-state index contributed by atoms with van der Waals surface area (Å²) in [6.07, 6.45) is 6.62. The van der Waals surface area contributed by atoms with Gasteiger partial charge in [0, 0.05) is 32.6 Å². The molecule has 0 aliphatic carbocycles. The van der Waals surface area contributed by atoms with E-state index in [1.165, 1.54) is 44.5 Å². The third kappa shape index (κ3) is 5.38. The maximum atomic E-state index is 5.46. The van der Waals surface area contributed by atoms with Gasteiger partial charge in [-0.3, -0.25) is 0 Å². The van der Waals surface area contributed by atoms with Crippen LogP contribution < -0.4 is 5.32 Å². The molecule has 4 rings (SSSR count). The summed E-state index contributed by atoms with van der Waals surface area (Å²) in [6.45, 7) is 7.58. The van der Waals surface area contributed by atoms with Crippen LogP contribution in [-0.4, -0.2) is 55.0 Å². The summed E-state index contributed by atoms with van der Waals surface area (Å²) < 4.78 is 5.46. The number of rotatable bonds is 7. The van der Waals surface area contributed by atoms with Gasteiger partial charge in [0.15, 0.2) is 5.96 Å². The lowest BCUT2D eigenvalue weighted by Gasteiger charge is -2.23. The fraction of sp³-hybridized carbons (Fsp3) is 0.522. The van der Waals surface area contributed by atoms with E-state index in [2.05, 4.69) is 45.4 Å². The lowest BCUT2D eigenvalue weighted by atomic mass is 10.1. The molecule has 3 heterocycles. The van der Waals surface area contributed by atoms with E-state index in [4.69, 9.17) is 9.41 Å². The topological polar surface area (TPSA) is 44.0 Å². The summed E-state index contributed by atoms with van der Waals surface area (Å²) in [5.41, 5.74) is 1.25. The van der Waals surface area contributed by atoms with Crippen LogP contribution in [0.15, 0.2) is 58.1 Å². The Bertz CT molecular complexity index is 722. The second kappa shape index (κ2) is 9.78. The lowest BCUT2D eigenvalue weighted by molar-refractivity contribution is 0.281. The molecule has 0 amide bonds. The maximum Gasteiger partial charge on any atom is 0.194 e. The number of nitrogens with zero attached hydrogens (tertiary/aromatic N) is 3. The van der Waals surface area contributed by atoms with Gasteiger partial charge in [-0.2, -0.15) is 0 Å². The van der Waals surface area contributed by atoms with Crippen molar-refractivity contribution in [1.82, 2.24) is 15.1 Å². The summed E-state index contributed by atoms with van der Waals surface area (Å²) in [4.78, 5) is 10.0. The molecule has 0 spiro atoms. The number of nitrogens with one attached hydrogen (secondary N) is 1. The van der Waals surface area contributed by atoms with Gasteiger partial charge in [-0.25, -0.2) is 4.99 Å². The molecule has 2 aliphatic heterocycles. The van der Waals surface area contributed by atoms with E-state index in [1.807, 2.05) is 12.1 Å². The number of likely N-dealkylation sites (tertiary alicyclic amines) is 2. The number of aliphatic imine (C=N–C) groups is 1. The van der Waals surface area contributed by atoms with Crippen molar-refractivity contribution in [3.05, 3.63) is 60.1 Å². The van der Waals surface area contributed by atoms with Crippen LogP contribution in [0, 0.1) is 5.92 Å². The highest BCUT2D eigenvalue weighted by Gasteiger charge is 2.27. The van der Waals surface area contributed by atoms with Gasteiger partial charge in [0.1, 0.15) is 5.76 Å². The van der Waals surface area contributed by atoms with Crippen LogP contribution in [0.5, 0.6) is 0 Å². The Morgan fingerprint density at radius 3 is 2.71 bits per heavy atom. The largest absolute Gasteiger partial charge is 0.469 e. The van der Waals surface area contributed by atoms with Crippen molar-refractivity contribution in [2.24, 2.45) is 10.9 Å². The van der Waals surface area contributed by atoms with Crippen molar-refractivity contribution < 1.29 is 4.42 Å². The Kier molecular flexibility index (Phi) is 6.66.